The molecule has 2 heterocycles. The summed E-state index contributed by atoms with van der Waals surface area (Å²) in [5.74, 6) is -0.134. The maximum Gasteiger partial charge on any atom is 0.282 e. The second kappa shape index (κ2) is 11.4. The molecule has 1 N–H and O–H groups in total. The van der Waals surface area contributed by atoms with E-state index in [2.05, 4.69) is 10.4 Å². The molecule has 6 rings (SSSR count). The van der Waals surface area contributed by atoms with Gasteiger partial charge in [-0.25, -0.2) is 10.0 Å². The molecule has 0 radical (unpaired) electrons. The van der Waals surface area contributed by atoms with Crippen molar-refractivity contribution in [1.29, 1.82) is 0 Å². The lowest BCUT2D eigenvalue weighted by Gasteiger charge is -2.25. The zero-order valence-corrected chi connectivity index (χ0v) is 23.2. The summed E-state index contributed by atoms with van der Waals surface area (Å²) in [6.07, 6.45) is 1.76. The Bertz CT molecular complexity index is 1670. The quantitative estimate of drug-likeness (QED) is 0.281. The molecule has 202 valence electrons. The third kappa shape index (κ3) is 5.52. The number of hydrogen-bond acceptors (Lipinski definition) is 5. The largest absolute Gasteiger partial charge is 0.282 e. The van der Waals surface area contributed by atoms with Crippen molar-refractivity contribution in [3.05, 3.63) is 142 Å². The van der Waals surface area contributed by atoms with Crippen LogP contribution in [0.15, 0.2) is 120 Å². The van der Waals surface area contributed by atoms with Crippen LogP contribution < -0.4 is 10.3 Å². The van der Waals surface area contributed by atoms with Gasteiger partial charge in [0.05, 0.1) is 11.4 Å². The highest BCUT2D eigenvalue weighted by atomic mass is 35.5. The summed E-state index contributed by atoms with van der Waals surface area (Å²) in [4.78, 5) is 45.6. The average Bonchev–Trinajstić information content (AvgIpc) is 3.53. The Morgan fingerprint density at radius 2 is 1.54 bits per heavy atom. The van der Waals surface area contributed by atoms with Gasteiger partial charge in [-0.05, 0) is 53.6 Å². The highest BCUT2D eigenvalue weighted by Gasteiger charge is 2.35. The lowest BCUT2D eigenvalue weighted by Crippen LogP contribution is -2.44. The molecule has 1 unspecified atom stereocenters. The van der Waals surface area contributed by atoms with Gasteiger partial charge in [0.2, 0.25) is 0 Å². The summed E-state index contributed by atoms with van der Waals surface area (Å²) in [6, 6.07) is 32.9. The number of halogens is 1. The number of aliphatic imine (C=N–C) groups is 1. The molecular formula is C32H23ClN4O3S. The molecule has 1 atom stereocenters. The summed E-state index contributed by atoms with van der Waals surface area (Å²) in [7, 11) is 0. The van der Waals surface area contributed by atoms with Crippen molar-refractivity contribution < 1.29 is 14.4 Å². The topological polar surface area (TPSA) is 82.1 Å². The van der Waals surface area contributed by atoms with Crippen LogP contribution in [0, 0.1) is 0 Å². The van der Waals surface area contributed by atoms with E-state index in [0.29, 0.717) is 27.8 Å². The van der Waals surface area contributed by atoms with E-state index in [1.807, 2.05) is 72.8 Å². The lowest BCUT2D eigenvalue weighted by atomic mass is 10.1. The highest BCUT2D eigenvalue weighted by Crippen LogP contribution is 2.37. The highest BCUT2D eigenvalue weighted by molar-refractivity contribution is 8.00. The number of carbonyl (C=O) groups excluding carboxylic acids is 3. The van der Waals surface area contributed by atoms with Gasteiger partial charge < -0.3 is 0 Å². The SMILES string of the molecule is O=C(NN1C(=O)CSC1c1ccc(Cl)cc1)c1ccc(N2C(=O)/C(=C/c3ccccc3)N=C2c2ccccc2)cc1. The van der Waals surface area contributed by atoms with E-state index in [1.165, 1.54) is 16.8 Å². The molecule has 0 saturated carbocycles. The van der Waals surface area contributed by atoms with Crippen LogP contribution in [0.1, 0.15) is 32.4 Å². The van der Waals surface area contributed by atoms with Crippen LogP contribution in [0.2, 0.25) is 5.02 Å². The van der Waals surface area contributed by atoms with E-state index >= 15 is 0 Å². The molecule has 0 spiro atoms. The van der Waals surface area contributed by atoms with Gasteiger partial charge in [0.1, 0.15) is 16.9 Å². The van der Waals surface area contributed by atoms with Gasteiger partial charge in [0.25, 0.3) is 17.7 Å². The van der Waals surface area contributed by atoms with Gasteiger partial charge in [-0.15, -0.1) is 11.8 Å². The molecule has 0 aliphatic carbocycles. The van der Waals surface area contributed by atoms with Crippen molar-refractivity contribution in [2.45, 2.75) is 5.37 Å². The first-order valence-electron chi connectivity index (χ1n) is 12.8. The van der Waals surface area contributed by atoms with Crippen LogP contribution in [0.3, 0.4) is 0 Å². The Labute approximate surface area is 246 Å². The van der Waals surface area contributed by atoms with Crippen LogP contribution in [0.4, 0.5) is 5.69 Å². The molecular weight excluding hydrogens is 556 g/mol. The Hall–Kier alpha value is -4.66. The number of nitrogens with one attached hydrogen (secondary N) is 1. The fraction of sp³-hybridized carbons (Fsp3) is 0.0625. The Morgan fingerprint density at radius 1 is 0.878 bits per heavy atom. The molecule has 1 saturated heterocycles. The minimum Gasteiger partial charge on any atom is -0.272 e. The van der Waals surface area contributed by atoms with Crippen LogP contribution in [0.5, 0.6) is 0 Å². The second-order valence-electron chi connectivity index (χ2n) is 9.35. The fourth-order valence-electron chi connectivity index (χ4n) is 4.60. The van der Waals surface area contributed by atoms with Crippen LogP contribution in [-0.2, 0) is 9.59 Å². The molecule has 0 bridgehead atoms. The van der Waals surface area contributed by atoms with Gasteiger partial charge in [-0.2, -0.15) is 0 Å². The Balaban J connectivity index is 1.25. The molecule has 1 fully saturated rings. The molecule has 9 heteroatoms. The minimum absolute atomic E-state index is 0.191. The van der Waals surface area contributed by atoms with Crippen molar-refractivity contribution in [3.8, 4) is 0 Å². The molecule has 0 aromatic heterocycles. The van der Waals surface area contributed by atoms with Gasteiger partial charge in [-0.3, -0.25) is 24.7 Å². The lowest BCUT2D eigenvalue weighted by molar-refractivity contribution is -0.130. The fourth-order valence-corrected chi connectivity index (χ4v) is 5.83. The smallest absolute Gasteiger partial charge is 0.272 e. The van der Waals surface area contributed by atoms with E-state index in [4.69, 9.17) is 11.6 Å². The second-order valence-corrected chi connectivity index (χ2v) is 10.9. The summed E-state index contributed by atoms with van der Waals surface area (Å²) < 4.78 is 0. The van der Waals surface area contributed by atoms with Gasteiger partial charge in [0, 0.05) is 16.1 Å². The van der Waals surface area contributed by atoms with Crippen molar-refractivity contribution in [3.63, 3.8) is 0 Å². The predicted molar refractivity (Wildman–Crippen MR) is 162 cm³/mol. The normalized spacial score (nSPS) is 17.7. The number of carbonyl (C=O) groups is 3. The first-order chi connectivity index (χ1) is 20.0. The van der Waals surface area contributed by atoms with Crippen molar-refractivity contribution in [2.75, 3.05) is 10.7 Å². The number of anilines is 1. The predicted octanol–water partition coefficient (Wildman–Crippen LogP) is 6.09. The van der Waals surface area contributed by atoms with Crippen molar-refractivity contribution in [1.82, 2.24) is 10.4 Å². The van der Waals surface area contributed by atoms with Gasteiger partial charge in [-0.1, -0.05) is 84.4 Å². The number of amidine groups is 1. The first kappa shape index (κ1) is 26.6. The maximum absolute atomic E-state index is 13.6. The number of hydrogen-bond donors (Lipinski definition) is 1. The number of rotatable bonds is 6. The molecule has 7 nitrogen and oxygen atoms in total. The summed E-state index contributed by atoms with van der Waals surface area (Å²) in [5, 5.41) is 1.60. The summed E-state index contributed by atoms with van der Waals surface area (Å²) in [6.45, 7) is 0. The monoisotopic (exact) mass is 578 g/mol. The van der Waals surface area contributed by atoms with Crippen LogP contribution >= 0.6 is 23.4 Å². The molecule has 41 heavy (non-hydrogen) atoms. The number of thioether (sulfide) groups is 1. The summed E-state index contributed by atoms with van der Waals surface area (Å²) >= 11 is 7.44. The van der Waals surface area contributed by atoms with E-state index in [1.54, 1.807) is 47.4 Å². The third-order valence-corrected chi connectivity index (χ3v) is 8.09. The number of amides is 3. The van der Waals surface area contributed by atoms with Crippen LogP contribution in [-0.4, -0.2) is 34.3 Å². The first-order valence-corrected chi connectivity index (χ1v) is 14.3. The molecule has 2 aliphatic rings. The minimum atomic E-state index is -0.430. The van der Waals surface area contributed by atoms with Crippen LogP contribution in [0.25, 0.3) is 6.08 Å². The summed E-state index contributed by atoms with van der Waals surface area (Å²) in [5.41, 5.74) is 6.50. The zero-order chi connectivity index (χ0) is 28.3. The number of benzene rings is 4. The maximum atomic E-state index is 13.6. The van der Waals surface area contributed by atoms with Crippen molar-refractivity contribution >= 4 is 58.7 Å². The molecule has 4 aromatic carbocycles. The van der Waals surface area contributed by atoms with Gasteiger partial charge in [0.15, 0.2) is 0 Å². The van der Waals surface area contributed by atoms with E-state index in [0.717, 1.165) is 16.7 Å². The van der Waals surface area contributed by atoms with E-state index in [9.17, 15) is 14.4 Å². The molecule has 3 amide bonds. The van der Waals surface area contributed by atoms with Gasteiger partial charge >= 0.3 is 0 Å². The standard InChI is InChI=1S/C32H23ClN4O3S/c33-25-15-11-24(12-16-25)32-37(28(38)20-41-32)35-30(39)23-13-17-26(18-14-23)36-29(22-9-5-2-6-10-22)34-27(31(36)40)19-21-7-3-1-4-8-21/h1-19,32H,20H2,(H,35,39)/b27-19-. The third-order valence-electron chi connectivity index (χ3n) is 6.63. The number of nitrogens with zero attached hydrogens (tertiary/aromatic N) is 3. The van der Waals surface area contributed by atoms with Crippen molar-refractivity contribution in [2.24, 2.45) is 4.99 Å². The number of hydrazine groups is 1. The molecule has 2 aliphatic heterocycles. The molecule has 4 aromatic rings. The zero-order valence-electron chi connectivity index (χ0n) is 21.6. The van der Waals surface area contributed by atoms with E-state index < -0.39 is 5.91 Å². The average molecular weight is 579 g/mol. The Kier molecular flexibility index (Phi) is 7.41. The Morgan fingerprint density at radius 3 is 2.22 bits per heavy atom. The van der Waals surface area contributed by atoms with E-state index in [-0.39, 0.29) is 22.9 Å².